The molecule has 0 unspecified atom stereocenters. The molecule has 6 nitrogen and oxygen atoms in total. The Morgan fingerprint density at radius 2 is 2.15 bits per heavy atom. The van der Waals surface area contributed by atoms with Crippen molar-refractivity contribution in [3.05, 3.63) is 41.2 Å². The van der Waals surface area contributed by atoms with Crippen molar-refractivity contribution < 1.29 is 9.90 Å². The van der Waals surface area contributed by atoms with Crippen LogP contribution in [0.5, 0.6) is 0 Å². The molecule has 20 heavy (non-hydrogen) atoms. The van der Waals surface area contributed by atoms with Crippen LogP contribution < -0.4 is 0 Å². The van der Waals surface area contributed by atoms with Crippen LogP contribution in [0.25, 0.3) is 12.2 Å². The molecule has 2 rings (SSSR count). The van der Waals surface area contributed by atoms with Crippen molar-refractivity contribution in [1.82, 2.24) is 19.7 Å². The number of carboxylic acid groups (broad SMARTS) is 1. The highest BCUT2D eigenvalue weighted by Crippen LogP contribution is 2.17. The molecule has 0 aliphatic carbocycles. The second kappa shape index (κ2) is 5.64. The summed E-state index contributed by atoms with van der Waals surface area (Å²) in [5, 5.41) is 13.2. The highest BCUT2D eigenvalue weighted by molar-refractivity contribution is 5.88. The average molecular weight is 272 g/mol. The van der Waals surface area contributed by atoms with Gasteiger partial charge in [-0.1, -0.05) is 13.8 Å². The van der Waals surface area contributed by atoms with Gasteiger partial charge in [0, 0.05) is 19.4 Å². The Labute approximate surface area is 116 Å². The number of aromatic nitrogens is 4. The third-order valence-corrected chi connectivity index (χ3v) is 2.88. The summed E-state index contributed by atoms with van der Waals surface area (Å²) in [6.45, 7) is 3.81. The molecule has 0 spiro atoms. The van der Waals surface area contributed by atoms with Crippen molar-refractivity contribution in [3.8, 4) is 0 Å². The number of carboxylic acids is 1. The summed E-state index contributed by atoms with van der Waals surface area (Å²) in [6, 6.07) is 1.87. The van der Waals surface area contributed by atoms with E-state index >= 15 is 0 Å². The summed E-state index contributed by atoms with van der Waals surface area (Å²) in [4.78, 5) is 19.5. The molecule has 0 aliphatic rings. The average Bonchev–Trinajstić information content (AvgIpc) is 2.81. The van der Waals surface area contributed by atoms with E-state index in [0.717, 1.165) is 5.69 Å². The molecule has 0 saturated carbocycles. The van der Waals surface area contributed by atoms with Crippen LogP contribution >= 0.6 is 0 Å². The van der Waals surface area contributed by atoms with Crippen molar-refractivity contribution in [3.63, 3.8) is 0 Å². The van der Waals surface area contributed by atoms with Gasteiger partial charge in [0.2, 0.25) is 0 Å². The Balaban J connectivity index is 2.34. The summed E-state index contributed by atoms with van der Waals surface area (Å²) in [5.74, 6) is -0.497. The molecule has 2 heterocycles. The van der Waals surface area contributed by atoms with Gasteiger partial charge < -0.3 is 5.11 Å². The lowest BCUT2D eigenvalue weighted by Crippen LogP contribution is -2.08. The smallest absolute Gasteiger partial charge is 0.339 e. The number of nitrogens with zero attached hydrogens (tertiary/aromatic N) is 4. The first-order valence-corrected chi connectivity index (χ1v) is 6.25. The monoisotopic (exact) mass is 272 g/mol. The van der Waals surface area contributed by atoms with Crippen LogP contribution in [0.15, 0.2) is 18.5 Å². The fourth-order valence-electron chi connectivity index (χ4n) is 1.80. The maximum Gasteiger partial charge on any atom is 0.339 e. The largest absolute Gasteiger partial charge is 0.478 e. The van der Waals surface area contributed by atoms with Gasteiger partial charge in [0.1, 0.15) is 0 Å². The standard InChI is InChI=1S/C14H16N4O2/c1-9(2)13-11(14(19)20)8-15-12(17-13)5-4-10-6-7-16-18(10)3/h4-9H,1-3H3,(H,19,20)/b5-4+. The van der Waals surface area contributed by atoms with E-state index in [2.05, 4.69) is 15.1 Å². The SMILES string of the molecule is CC(C)c1nc(/C=C/c2ccnn2C)ncc1C(=O)O. The summed E-state index contributed by atoms with van der Waals surface area (Å²) in [6.07, 6.45) is 6.64. The third kappa shape index (κ3) is 2.90. The minimum Gasteiger partial charge on any atom is -0.478 e. The predicted octanol–water partition coefficient (Wildman–Crippen LogP) is 2.20. The van der Waals surface area contributed by atoms with E-state index in [1.807, 2.05) is 33.0 Å². The summed E-state index contributed by atoms with van der Waals surface area (Å²) in [5.41, 5.74) is 1.61. The lowest BCUT2D eigenvalue weighted by Gasteiger charge is -2.08. The second-order valence-corrected chi connectivity index (χ2v) is 4.70. The third-order valence-electron chi connectivity index (χ3n) is 2.88. The van der Waals surface area contributed by atoms with Gasteiger partial charge in [0.15, 0.2) is 5.82 Å². The first-order valence-electron chi connectivity index (χ1n) is 6.25. The van der Waals surface area contributed by atoms with E-state index < -0.39 is 5.97 Å². The fraction of sp³-hybridized carbons (Fsp3) is 0.286. The topological polar surface area (TPSA) is 80.9 Å². The van der Waals surface area contributed by atoms with Gasteiger partial charge in [-0.25, -0.2) is 14.8 Å². The Bertz CT molecular complexity index is 659. The summed E-state index contributed by atoms with van der Waals surface area (Å²) in [7, 11) is 1.84. The molecule has 0 atom stereocenters. The van der Waals surface area contributed by atoms with Crippen molar-refractivity contribution in [2.75, 3.05) is 0 Å². The quantitative estimate of drug-likeness (QED) is 0.922. The Hall–Kier alpha value is -2.50. The van der Waals surface area contributed by atoms with Crippen LogP contribution in [0.4, 0.5) is 0 Å². The molecule has 0 radical (unpaired) electrons. The van der Waals surface area contributed by atoms with E-state index in [-0.39, 0.29) is 11.5 Å². The van der Waals surface area contributed by atoms with Gasteiger partial charge in [0.25, 0.3) is 0 Å². The predicted molar refractivity (Wildman–Crippen MR) is 75.2 cm³/mol. The molecule has 0 fully saturated rings. The second-order valence-electron chi connectivity index (χ2n) is 4.70. The molecule has 0 aromatic carbocycles. The highest BCUT2D eigenvalue weighted by atomic mass is 16.4. The zero-order valence-corrected chi connectivity index (χ0v) is 11.6. The molecule has 0 aliphatic heterocycles. The van der Waals surface area contributed by atoms with Crippen LogP contribution in [-0.4, -0.2) is 30.8 Å². The Kier molecular flexibility index (Phi) is 3.93. The molecule has 0 amide bonds. The number of aromatic carboxylic acids is 1. The molecular formula is C14H16N4O2. The zero-order valence-electron chi connectivity index (χ0n) is 11.6. The normalized spacial score (nSPS) is 11.4. The van der Waals surface area contributed by atoms with Gasteiger partial charge in [-0.05, 0) is 24.1 Å². The Morgan fingerprint density at radius 1 is 1.40 bits per heavy atom. The van der Waals surface area contributed by atoms with Crippen LogP contribution in [-0.2, 0) is 7.05 Å². The molecule has 104 valence electrons. The van der Waals surface area contributed by atoms with Crippen LogP contribution in [0.2, 0.25) is 0 Å². The number of aryl methyl sites for hydroxylation is 1. The van der Waals surface area contributed by atoms with Gasteiger partial charge in [-0.3, -0.25) is 4.68 Å². The maximum absolute atomic E-state index is 11.1. The van der Waals surface area contributed by atoms with Crippen molar-refractivity contribution in [2.45, 2.75) is 19.8 Å². The zero-order chi connectivity index (χ0) is 14.7. The molecule has 0 bridgehead atoms. The van der Waals surface area contributed by atoms with E-state index in [1.54, 1.807) is 17.0 Å². The minimum absolute atomic E-state index is 0.0213. The van der Waals surface area contributed by atoms with E-state index in [4.69, 9.17) is 5.11 Å². The van der Waals surface area contributed by atoms with Crippen molar-refractivity contribution in [2.24, 2.45) is 7.05 Å². The highest BCUT2D eigenvalue weighted by Gasteiger charge is 2.15. The van der Waals surface area contributed by atoms with Crippen LogP contribution in [0.1, 0.15) is 47.3 Å². The molecule has 6 heteroatoms. The maximum atomic E-state index is 11.1. The fourth-order valence-corrected chi connectivity index (χ4v) is 1.80. The first-order chi connectivity index (χ1) is 9.49. The van der Waals surface area contributed by atoms with Crippen LogP contribution in [0, 0.1) is 0 Å². The lowest BCUT2D eigenvalue weighted by molar-refractivity contribution is 0.0694. The van der Waals surface area contributed by atoms with Gasteiger partial charge in [-0.15, -0.1) is 0 Å². The molecule has 0 saturated heterocycles. The Morgan fingerprint density at radius 3 is 2.70 bits per heavy atom. The van der Waals surface area contributed by atoms with E-state index in [9.17, 15) is 4.79 Å². The number of rotatable bonds is 4. The van der Waals surface area contributed by atoms with Crippen molar-refractivity contribution >= 4 is 18.1 Å². The first kappa shape index (κ1) is 13.9. The van der Waals surface area contributed by atoms with Crippen molar-refractivity contribution in [1.29, 1.82) is 0 Å². The number of hydrogen-bond acceptors (Lipinski definition) is 4. The van der Waals surface area contributed by atoms with Crippen LogP contribution in [0.3, 0.4) is 0 Å². The van der Waals surface area contributed by atoms with E-state index in [1.165, 1.54) is 6.20 Å². The molecule has 1 N–H and O–H groups in total. The van der Waals surface area contributed by atoms with Gasteiger partial charge >= 0.3 is 5.97 Å². The summed E-state index contributed by atoms with van der Waals surface area (Å²) < 4.78 is 1.73. The molecule has 2 aromatic rings. The lowest BCUT2D eigenvalue weighted by atomic mass is 10.1. The number of carbonyl (C=O) groups is 1. The minimum atomic E-state index is -1.00. The molecule has 2 aromatic heterocycles. The molecular weight excluding hydrogens is 256 g/mol. The number of hydrogen-bond donors (Lipinski definition) is 1. The summed E-state index contributed by atoms with van der Waals surface area (Å²) >= 11 is 0. The van der Waals surface area contributed by atoms with E-state index in [0.29, 0.717) is 11.5 Å². The van der Waals surface area contributed by atoms with Gasteiger partial charge in [-0.2, -0.15) is 5.10 Å². The van der Waals surface area contributed by atoms with Gasteiger partial charge in [0.05, 0.1) is 17.0 Å².